The highest BCUT2D eigenvalue weighted by molar-refractivity contribution is 9.10. The summed E-state index contributed by atoms with van der Waals surface area (Å²) >= 11 is 3.42. The monoisotopic (exact) mass is 331 g/mol. The zero-order valence-corrected chi connectivity index (χ0v) is 12.4. The van der Waals surface area contributed by atoms with Gasteiger partial charge in [-0.3, -0.25) is 0 Å². The van der Waals surface area contributed by atoms with Gasteiger partial charge in [-0.15, -0.1) is 0 Å². The van der Waals surface area contributed by atoms with Gasteiger partial charge in [0.1, 0.15) is 12.4 Å². The van der Waals surface area contributed by atoms with E-state index < -0.39 is 5.97 Å². The third kappa shape index (κ3) is 5.59. The molecular weight excluding hydrogens is 314 g/mol. The van der Waals surface area contributed by atoms with Gasteiger partial charge < -0.3 is 20.3 Å². The number of carbonyl (C=O) groups is 1. The normalized spacial score (nSPS) is 12.2. The van der Waals surface area contributed by atoms with E-state index in [4.69, 9.17) is 20.3 Å². The molecule has 0 aliphatic rings. The summed E-state index contributed by atoms with van der Waals surface area (Å²) in [7, 11) is 0. The molecule has 0 amide bonds. The van der Waals surface area contributed by atoms with Crippen LogP contribution in [0.2, 0.25) is 0 Å². The Kier molecular flexibility index (Phi) is 6.83. The van der Waals surface area contributed by atoms with Gasteiger partial charge in [-0.25, -0.2) is 4.79 Å². The Balaban J connectivity index is 2.58. The smallest absolute Gasteiger partial charge is 0.329 e. The molecule has 0 aliphatic carbocycles. The van der Waals surface area contributed by atoms with Crippen LogP contribution in [0.5, 0.6) is 5.75 Å². The molecule has 0 spiro atoms. The molecule has 0 heterocycles. The van der Waals surface area contributed by atoms with Crippen molar-refractivity contribution in [2.45, 2.75) is 19.4 Å². The summed E-state index contributed by atoms with van der Waals surface area (Å²) in [5.74, 6) is -0.235. The Morgan fingerprint density at radius 1 is 1.53 bits per heavy atom. The highest BCUT2D eigenvalue weighted by Gasteiger charge is 2.10. The molecule has 1 unspecified atom stereocenters. The molecule has 5 nitrogen and oxygen atoms in total. The third-order valence-corrected chi connectivity index (χ3v) is 2.99. The molecule has 0 bridgehead atoms. The molecule has 0 aromatic heterocycles. The molecule has 19 heavy (non-hydrogen) atoms. The Labute approximate surface area is 120 Å². The third-order valence-electron chi connectivity index (χ3n) is 2.37. The molecule has 0 fully saturated rings. The summed E-state index contributed by atoms with van der Waals surface area (Å²) in [4.78, 5) is 10.3. The van der Waals surface area contributed by atoms with Crippen LogP contribution in [-0.2, 0) is 9.53 Å². The second-order valence-corrected chi connectivity index (χ2v) is 4.91. The molecule has 0 saturated heterocycles. The second kappa shape index (κ2) is 8.14. The molecule has 0 aliphatic heterocycles. The number of halogens is 1. The van der Waals surface area contributed by atoms with Gasteiger partial charge in [0.15, 0.2) is 0 Å². The summed E-state index contributed by atoms with van der Waals surface area (Å²) in [6, 6.07) is 5.19. The fraction of sp³-hybridized carbons (Fsp3) is 0.462. The maximum absolute atomic E-state index is 10.3. The molecular formula is C13H18BrNO4. The van der Waals surface area contributed by atoms with Crippen molar-refractivity contribution in [2.75, 3.05) is 19.8 Å². The largest absolute Gasteiger partial charge is 0.492 e. The molecule has 1 aromatic rings. The van der Waals surface area contributed by atoms with Crippen molar-refractivity contribution in [3.05, 3.63) is 28.2 Å². The Hall–Kier alpha value is -1.11. The molecule has 106 valence electrons. The van der Waals surface area contributed by atoms with E-state index in [0.717, 1.165) is 22.2 Å². The Morgan fingerprint density at radius 3 is 2.84 bits per heavy atom. The van der Waals surface area contributed by atoms with Gasteiger partial charge in [0.2, 0.25) is 0 Å². The van der Waals surface area contributed by atoms with Crippen LogP contribution in [0.3, 0.4) is 0 Å². The second-order valence-electron chi connectivity index (χ2n) is 4.05. The minimum atomic E-state index is -1.00. The quantitative estimate of drug-likeness (QED) is 0.764. The number of rotatable bonds is 8. The van der Waals surface area contributed by atoms with Crippen LogP contribution in [0.1, 0.15) is 24.9 Å². The molecule has 0 saturated carbocycles. The fourth-order valence-electron chi connectivity index (χ4n) is 1.45. The standard InChI is InChI=1S/C13H18BrNO4/c1-2-5-19-12-4-3-9(6-10(12)14)11(15)7-18-8-13(16)17/h3-4,6,11H,2,5,7-8,15H2,1H3,(H,16,17). The first-order valence-corrected chi connectivity index (χ1v) is 6.81. The van der Waals surface area contributed by atoms with Crippen molar-refractivity contribution >= 4 is 21.9 Å². The average Bonchev–Trinajstić information content (AvgIpc) is 2.36. The molecule has 1 aromatic carbocycles. The van der Waals surface area contributed by atoms with E-state index >= 15 is 0 Å². The van der Waals surface area contributed by atoms with Crippen LogP contribution >= 0.6 is 15.9 Å². The van der Waals surface area contributed by atoms with E-state index in [0.29, 0.717) is 6.61 Å². The van der Waals surface area contributed by atoms with E-state index in [1.165, 1.54) is 0 Å². The SMILES string of the molecule is CCCOc1ccc(C(N)COCC(=O)O)cc1Br. The maximum Gasteiger partial charge on any atom is 0.329 e. The highest BCUT2D eigenvalue weighted by atomic mass is 79.9. The summed E-state index contributed by atoms with van der Waals surface area (Å²) < 4.78 is 11.3. The van der Waals surface area contributed by atoms with Crippen LogP contribution in [0.15, 0.2) is 22.7 Å². The number of carboxylic acid groups (broad SMARTS) is 1. The first kappa shape index (κ1) is 15.9. The van der Waals surface area contributed by atoms with Crippen molar-refractivity contribution in [3.63, 3.8) is 0 Å². The number of benzene rings is 1. The maximum atomic E-state index is 10.3. The number of nitrogens with two attached hydrogens (primary N) is 1. The number of aliphatic carboxylic acids is 1. The topological polar surface area (TPSA) is 81.8 Å². The van der Waals surface area contributed by atoms with Gasteiger partial charge in [0, 0.05) is 0 Å². The van der Waals surface area contributed by atoms with Gasteiger partial charge in [-0.2, -0.15) is 0 Å². The van der Waals surface area contributed by atoms with Crippen LogP contribution in [0.4, 0.5) is 0 Å². The number of carboxylic acids is 1. The minimum absolute atomic E-state index is 0.161. The Morgan fingerprint density at radius 2 is 2.26 bits per heavy atom. The van der Waals surface area contributed by atoms with Crippen molar-refractivity contribution in [3.8, 4) is 5.75 Å². The predicted molar refractivity (Wildman–Crippen MR) is 75.3 cm³/mol. The zero-order chi connectivity index (χ0) is 14.3. The molecule has 1 atom stereocenters. The molecule has 1 rings (SSSR count). The summed E-state index contributed by atoms with van der Waals surface area (Å²) in [6.45, 7) is 2.52. The van der Waals surface area contributed by atoms with E-state index in [2.05, 4.69) is 15.9 Å². The van der Waals surface area contributed by atoms with Crippen LogP contribution < -0.4 is 10.5 Å². The van der Waals surface area contributed by atoms with Gasteiger partial charge in [0.05, 0.1) is 23.7 Å². The van der Waals surface area contributed by atoms with Gasteiger partial charge in [-0.1, -0.05) is 13.0 Å². The van der Waals surface area contributed by atoms with Gasteiger partial charge in [-0.05, 0) is 40.0 Å². The summed E-state index contributed by atoms with van der Waals surface area (Å²) in [5.41, 5.74) is 6.78. The highest BCUT2D eigenvalue weighted by Crippen LogP contribution is 2.28. The molecule has 6 heteroatoms. The van der Waals surface area contributed by atoms with Crippen molar-refractivity contribution < 1.29 is 19.4 Å². The molecule has 3 N–H and O–H groups in total. The van der Waals surface area contributed by atoms with E-state index in [1.54, 1.807) is 0 Å². The van der Waals surface area contributed by atoms with Crippen molar-refractivity contribution in [1.82, 2.24) is 0 Å². The number of hydrogen-bond acceptors (Lipinski definition) is 4. The molecule has 0 radical (unpaired) electrons. The fourth-order valence-corrected chi connectivity index (χ4v) is 1.96. The Bertz CT molecular complexity index is 425. The van der Waals surface area contributed by atoms with Gasteiger partial charge in [0.25, 0.3) is 0 Å². The van der Waals surface area contributed by atoms with Crippen molar-refractivity contribution in [1.29, 1.82) is 0 Å². The number of ether oxygens (including phenoxy) is 2. The number of hydrogen-bond donors (Lipinski definition) is 2. The van der Waals surface area contributed by atoms with Gasteiger partial charge >= 0.3 is 5.97 Å². The lowest BCUT2D eigenvalue weighted by molar-refractivity contribution is -0.142. The minimum Gasteiger partial charge on any atom is -0.492 e. The van der Waals surface area contributed by atoms with E-state index in [-0.39, 0.29) is 19.3 Å². The van der Waals surface area contributed by atoms with E-state index in [9.17, 15) is 4.79 Å². The average molecular weight is 332 g/mol. The van der Waals surface area contributed by atoms with Crippen LogP contribution in [0.25, 0.3) is 0 Å². The van der Waals surface area contributed by atoms with E-state index in [1.807, 2.05) is 25.1 Å². The summed E-state index contributed by atoms with van der Waals surface area (Å²) in [6.07, 6.45) is 0.941. The zero-order valence-electron chi connectivity index (χ0n) is 10.8. The lowest BCUT2D eigenvalue weighted by Gasteiger charge is -2.14. The first-order valence-electron chi connectivity index (χ1n) is 6.02. The van der Waals surface area contributed by atoms with Crippen LogP contribution in [-0.4, -0.2) is 30.9 Å². The lowest BCUT2D eigenvalue weighted by Crippen LogP contribution is -2.19. The van der Waals surface area contributed by atoms with Crippen LogP contribution in [0, 0.1) is 0 Å². The summed E-state index contributed by atoms with van der Waals surface area (Å²) in [5, 5.41) is 8.47. The van der Waals surface area contributed by atoms with Crippen molar-refractivity contribution in [2.24, 2.45) is 5.73 Å². The predicted octanol–water partition coefficient (Wildman–Crippen LogP) is 2.34. The lowest BCUT2D eigenvalue weighted by atomic mass is 10.1. The first-order chi connectivity index (χ1) is 9.04.